The van der Waals surface area contributed by atoms with Gasteiger partial charge in [-0.05, 0) is 18.2 Å². The van der Waals surface area contributed by atoms with Crippen LogP contribution >= 0.6 is 0 Å². The molecule has 0 saturated carbocycles. The topological polar surface area (TPSA) is 40.2 Å². The Balaban J connectivity index is 2.20. The van der Waals surface area contributed by atoms with Crippen LogP contribution in [0.4, 0.5) is 5.82 Å². The predicted octanol–water partition coefficient (Wildman–Crippen LogP) is 2.38. The summed E-state index contributed by atoms with van der Waals surface area (Å²) in [7, 11) is -0.958. The van der Waals surface area contributed by atoms with Gasteiger partial charge >= 0.3 is 0 Å². The lowest BCUT2D eigenvalue weighted by atomic mass is 10.6. The largest absolute Gasteiger partial charge is 0.385 e. The van der Waals surface area contributed by atoms with Gasteiger partial charge in [0.25, 0.3) is 0 Å². The van der Waals surface area contributed by atoms with Gasteiger partial charge in [-0.3, -0.25) is 0 Å². The van der Waals surface area contributed by atoms with Gasteiger partial charge in [-0.2, -0.15) is 0 Å². The number of rotatable bonds is 5. The van der Waals surface area contributed by atoms with Crippen LogP contribution < -0.4 is 5.73 Å². The molecule has 2 N–H and O–H groups in total. The second kappa shape index (κ2) is 4.66. The van der Waals surface area contributed by atoms with Gasteiger partial charge in [-0.15, -0.1) is 0 Å². The molecule has 1 heterocycles. The van der Waals surface area contributed by atoms with E-state index in [0.717, 1.165) is 12.4 Å². The van der Waals surface area contributed by atoms with Crippen LogP contribution in [0.2, 0.25) is 25.7 Å². The quantitative estimate of drug-likeness (QED) is 0.601. The summed E-state index contributed by atoms with van der Waals surface area (Å²) >= 11 is 0. The van der Waals surface area contributed by atoms with Crippen LogP contribution in [0.1, 0.15) is 0 Å². The molecule has 1 aromatic rings. The van der Waals surface area contributed by atoms with E-state index in [1.807, 2.05) is 22.9 Å². The molecule has 0 radical (unpaired) electrons. The van der Waals surface area contributed by atoms with E-state index >= 15 is 0 Å². The second-order valence-electron chi connectivity index (χ2n) is 4.75. The zero-order valence-corrected chi connectivity index (χ0v) is 10.3. The van der Waals surface area contributed by atoms with E-state index in [4.69, 9.17) is 10.5 Å². The normalized spacial score (nSPS) is 11.9. The first-order valence-electron chi connectivity index (χ1n) is 4.97. The summed E-state index contributed by atoms with van der Waals surface area (Å²) in [6.07, 6.45) is 1.93. The minimum Gasteiger partial charge on any atom is -0.385 e. The molecule has 1 aromatic heterocycles. The molecular formula is C10H20N2OSi. The smallest absolute Gasteiger partial charge is 0.124 e. The highest BCUT2D eigenvalue weighted by molar-refractivity contribution is 6.76. The molecule has 0 aliphatic carbocycles. The molecule has 0 unspecified atom stereocenters. The highest BCUT2D eigenvalue weighted by Crippen LogP contribution is 2.09. The maximum atomic E-state index is 5.70. The third-order valence-corrected chi connectivity index (χ3v) is 3.80. The lowest BCUT2D eigenvalue weighted by Gasteiger charge is -2.15. The van der Waals surface area contributed by atoms with Crippen molar-refractivity contribution < 1.29 is 4.74 Å². The molecule has 80 valence electrons. The Morgan fingerprint density at radius 2 is 2.14 bits per heavy atom. The predicted molar refractivity (Wildman–Crippen MR) is 62.9 cm³/mol. The third-order valence-electron chi connectivity index (χ3n) is 2.09. The SMILES string of the molecule is C[Si](C)(C)CCOCn1cccc1N. The Morgan fingerprint density at radius 1 is 1.43 bits per heavy atom. The van der Waals surface area contributed by atoms with E-state index < -0.39 is 8.07 Å². The number of hydrogen-bond donors (Lipinski definition) is 1. The summed E-state index contributed by atoms with van der Waals surface area (Å²) in [5, 5.41) is 0. The van der Waals surface area contributed by atoms with E-state index in [2.05, 4.69) is 19.6 Å². The Hall–Kier alpha value is -0.743. The van der Waals surface area contributed by atoms with Gasteiger partial charge in [0.1, 0.15) is 12.5 Å². The molecule has 0 saturated heterocycles. The average molecular weight is 212 g/mol. The van der Waals surface area contributed by atoms with Crippen molar-refractivity contribution in [2.75, 3.05) is 12.3 Å². The molecule has 1 rings (SSSR count). The van der Waals surface area contributed by atoms with Gasteiger partial charge in [0, 0.05) is 20.9 Å². The molecule has 4 heteroatoms. The van der Waals surface area contributed by atoms with Crippen molar-refractivity contribution in [2.45, 2.75) is 32.4 Å². The monoisotopic (exact) mass is 212 g/mol. The maximum absolute atomic E-state index is 5.70. The number of nitrogen functional groups attached to an aromatic ring is 1. The number of ether oxygens (including phenoxy) is 1. The first-order valence-corrected chi connectivity index (χ1v) is 8.68. The number of nitrogens with zero attached hydrogens (tertiary/aromatic N) is 1. The fourth-order valence-corrected chi connectivity index (χ4v) is 1.84. The van der Waals surface area contributed by atoms with E-state index in [1.54, 1.807) is 0 Å². The molecule has 3 nitrogen and oxygen atoms in total. The van der Waals surface area contributed by atoms with Crippen LogP contribution in [0.25, 0.3) is 0 Å². The highest BCUT2D eigenvalue weighted by atomic mass is 28.3. The Labute approximate surface area is 86.9 Å². The molecule has 0 aromatic carbocycles. The zero-order valence-electron chi connectivity index (χ0n) is 9.29. The number of aromatic nitrogens is 1. The molecule has 0 aliphatic rings. The average Bonchev–Trinajstić information content (AvgIpc) is 2.44. The van der Waals surface area contributed by atoms with Crippen molar-refractivity contribution in [3.63, 3.8) is 0 Å². The second-order valence-corrected chi connectivity index (χ2v) is 10.4. The minimum absolute atomic E-state index is 0.573. The van der Waals surface area contributed by atoms with Crippen molar-refractivity contribution >= 4 is 13.9 Å². The molecule has 14 heavy (non-hydrogen) atoms. The van der Waals surface area contributed by atoms with Crippen LogP contribution in [0.3, 0.4) is 0 Å². The number of anilines is 1. The Morgan fingerprint density at radius 3 is 2.64 bits per heavy atom. The van der Waals surface area contributed by atoms with Crippen LogP contribution in [-0.2, 0) is 11.5 Å². The summed E-state index contributed by atoms with van der Waals surface area (Å²) < 4.78 is 7.46. The van der Waals surface area contributed by atoms with Crippen molar-refractivity contribution in [1.82, 2.24) is 4.57 Å². The standard InChI is InChI=1S/C10H20N2OSi/c1-14(2,3)8-7-13-9-12-6-4-5-10(12)11/h4-6H,7-9,11H2,1-3H3. The third kappa shape index (κ3) is 3.98. The molecule has 0 fully saturated rings. The first kappa shape index (κ1) is 11.3. The van der Waals surface area contributed by atoms with E-state index in [0.29, 0.717) is 6.73 Å². The van der Waals surface area contributed by atoms with Gasteiger partial charge in [-0.25, -0.2) is 0 Å². The van der Waals surface area contributed by atoms with Crippen molar-refractivity contribution in [1.29, 1.82) is 0 Å². The molecular weight excluding hydrogens is 192 g/mol. The zero-order chi connectivity index (χ0) is 10.6. The number of hydrogen-bond acceptors (Lipinski definition) is 2. The highest BCUT2D eigenvalue weighted by Gasteiger charge is 2.11. The summed E-state index contributed by atoms with van der Waals surface area (Å²) in [6.45, 7) is 8.46. The lowest BCUT2D eigenvalue weighted by Crippen LogP contribution is -2.22. The van der Waals surface area contributed by atoms with Crippen molar-refractivity contribution in [2.24, 2.45) is 0 Å². The Kier molecular flexibility index (Phi) is 3.77. The lowest BCUT2D eigenvalue weighted by molar-refractivity contribution is 0.0889. The van der Waals surface area contributed by atoms with E-state index in [9.17, 15) is 0 Å². The summed E-state index contributed by atoms with van der Waals surface area (Å²) in [6, 6.07) is 5.01. The maximum Gasteiger partial charge on any atom is 0.124 e. The van der Waals surface area contributed by atoms with Crippen molar-refractivity contribution in [3.8, 4) is 0 Å². The van der Waals surface area contributed by atoms with Crippen LogP contribution in [0.5, 0.6) is 0 Å². The van der Waals surface area contributed by atoms with E-state index in [1.165, 1.54) is 6.04 Å². The summed E-state index contributed by atoms with van der Waals surface area (Å²) in [5.41, 5.74) is 5.70. The van der Waals surface area contributed by atoms with Gasteiger partial charge in [0.05, 0.1) is 0 Å². The van der Waals surface area contributed by atoms with Gasteiger partial charge in [0.15, 0.2) is 0 Å². The Bertz CT molecular complexity index is 278. The molecule has 0 atom stereocenters. The van der Waals surface area contributed by atoms with Gasteiger partial charge in [0.2, 0.25) is 0 Å². The molecule has 0 aliphatic heterocycles. The van der Waals surface area contributed by atoms with Crippen LogP contribution in [0.15, 0.2) is 18.3 Å². The van der Waals surface area contributed by atoms with Gasteiger partial charge in [-0.1, -0.05) is 19.6 Å². The van der Waals surface area contributed by atoms with E-state index in [-0.39, 0.29) is 0 Å². The number of nitrogens with two attached hydrogens (primary N) is 1. The fourth-order valence-electron chi connectivity index (χ4n) is 1.09. The molecule has 0 bridgehead atoms. The summed E-state index contributed by atoms with van der Waals surface area (Å²) in [5.74, 6) is 0.762. The fraction of sp³-hybridized carbons (Fsp3) is 0.600. The summed E-state index contributed by atoms with van der Waals surface area (Å²) in [4.78, 5) is 0. The van der Waals surface area contributed by atoms with Crippen LogP contribution in [0, 0.1) is 0 Å². The first-order chi connectivity index (χ1) is 6.49. The minimum atomic E-state index is -0.958. The molecule has 0 spiro atoms. The molecule has 0 amide bonds. The van der Waals surface area contributed by atoms with Crippen molar-refractivity contribution in [3.05, 3.63) is 18.3 Å². The van der Waals surface area contributed by atoms with Crippen LogP contribution in [-0.4, -0.2) is 19.2 Å². The van der Waals surface area contributed by atoms with Gasteiger partial charge < -0.3 is 15.0 Å².